The molecule has 4 nitrogen and oxygen atoms in total. The summed E-state index contributed by atoms with van der Waals surface area (Å²) in [6, 6.07) is 11.5. The summed E-state index contributed by atoms with van der Waals surface area (Å²) in [5.41, 5.74) is 1.27. The number of ether oxygens (including phenoxy) is 2. The third kappa shape index (κ3) is 3.13. The van der Waals surface area contributed by atoms with Crippen molar-refractivity contribution in [2.24, 2.45) is 0 Å². The van der Waals surface area contributed by atoms with Gasteiger partial charge in [0.1, 0.15) is 18.0 Å². The Balaban J connectivity index is 1.87. The Bertz CT molecular complexity index is 868. The van der Waals surface area contributed by atoms with Crippen LogP contribution in [0, 0.1) is 5.82 Å². The smallest absolute Gasteiger partial charge is 0.374 e. The van der Waals surface area contributed by atoms with Crippen molar-refractivity contribution in [3.8, 4) is 0 Å². The number of methoxy groups -OCH3 is 1. The van der Waals surface area contributed by atoms with Crippen LogP contribution < -0.4 is 0 Å². The number of rotatable bonds is 5. The molecule has 0 aliphatic heterocycles. The summed E-state index contributed by atoms with van der Waals surface area (Å²) >= 11 is 5.93. The van der Waals surface area contributed by atoms with Crippen LogP contribution in [0.1, 0.15) is 21.7 Å². The second-order valence-corrected chi connectivity index (χ2v) is 5.52. The second-order valence-electron chi connectivity index (χ2n) is 5.12. The summed E-state index contributed by atoms with van der Waals surface area (Å²) in [6.07, 6.45) is 0. The third-order valence-corrected chi connectivity index (χ3v) is 3.94. The van der Waals surface area contributed by atoms with Crippen molar-refractivity contribution in [2.45, 2.75) is 13.2 Å². The first-order valence-corrected chi connectivity index (χ1v) is 7.59. The van der Waals surface area contributed by atoms with Gasteiger partial charge in [-0.1, -0.05) is 35.9 Å². The highest BCUT2D eigenvalue weighted by Crippen LogP contribution is 2.28. The molecule has 0 unspecified atom stereocenters. The number of hydrogen-bond donors (Lipinski definition) is 0. The Morgan fingerprint density at radius 2 is 1.92 bits per heavy atom. The van der Waals surface area contributed by atoms with Gasteiger partial charge in [0, 0.05) is 23.6 Å². The summed E-state index contributed by atoms with van der Waals surface area (Å²) in [5, 5.41) is 0.972. The quantitative estimate of drug-likeness (QED) is 0.625. The number of furan rings is 1. The van der Waals surface area contributed by atoms with E-state index >= 15 is 0 Å². The van der Waals surface area contributed by atoms with Crippen molar-refractivity contribution in [1.29, 1.82) is 0 Å². The summed E-state index contributed by atoms with van der Waals surface area (Å²) in [6.45, 7) is -0.0876. The monoisotopic (exact) mass is 348 g/mol. The van der Waals surface area contributed by atoms with Gasteiger partial charge in [0.2, 0.25) is 5.76 Å². The van der Waals surface area contributed by atoms with Crippen LogP contribution in [-0.2, 0) is 22.7 Å². The SMILES string of the molecule is COCc1c(C(=O)OCc2c(F)cccc2Cl)oc2ccccc12. The number of esters is 1. The molecule has 0 radical (unpaired) electrons. The first-order chi connectivity index (χ1) is 11.6. The Hall–Kier alpha value is -2.37. The minimum atomic E-state index is -0.697. The Morgan fingerprint density at radius 3 is 2.67 bits per heavy atom. The molecule has 1 heterocycles. The highest BCUT2D eigenvalue weighted by molar-refractivity contribution is 6.31. The summed E-state index contributed by atoms with van der Waals surface area (Å²) in [4.78, 5) is 12.4. The van der Waals surface area contributed by atoms with Crippen LogP contribution in [0.4, 0.5) is 4.39 Å². The maximum Gasteiger partial charge on any atom is 0.374 e. The van der Waals surface area contributed by atoms with Gasteiger partial charge in [-0.25, -0.2) is 9.18 Å². The molecule has 124 valence electrons. The first kappa shape index (κ1) is 16.5. The predicted molar refractivity (Wildman–Crippen MR) is 87.5 cm³/mol. The molecule has 0 aliphatic rings. The van der Waals surface area contributed by atoms with Crippen LogP contribution in [0.3, 0.4) is 0 Å². The molecule has 0 amide bonds. The Kier molecular flexibility index (Phi) is 4.83. The number of fused-ring (bicyclic) bond motifs is 1. The highest BCUT2D eigenvalue weighted by Gasteiger charge is 2.22. The highest BCUT2D eigenvalue weighted by atomic mass is 35.5. The van der Waals surface area contributed by atoms with E-state index in [0.29, 0.717) is 11.1 Å². The fourth-order valence-electron chi connectivity index (χ4n) is 2.42. The molecule has 0 N–H and O–H groups in total. The zero-order chi connectivity index (χ0) is 17.1. The molecular formula is C18H14ClFO4. The van der Waals surface area contributed by atoms with Gasteiger partial charge < -0.3 is 13.9 Å². The van der Waals surface area contributed by atoms with Gasteiger partial charge in [-0.15, -0.1) is 0 Å². The van der Waals surface area contributed by atoms with Gasteiger partial charge in [-0.05, 0) is 18.2 Å². The average molecular weight is 349 g/mol. The van der Waals surface area contributed by atoms with Crippen molar-refractivity contribution in [2.75, 3.05) is 7.11 Å². The van der Waals surface area contributed by atoms with Crippen LogP contribution in [-0.4, -0.2) is 13.1 Å². The zero-order valence-corrected chi connectivity index (χ0v) is 13.6. The molecule has 1 aromatic heterocycles. The first-order valence-electron chi connectivity index (χ1n) is 7.21. The molecule has 24 heavy (non-hydrogen) atoms. The number of carbonyl (C=O) groups excluding carboxylic acids is 1. The number of benzene rings is 2. The molecule has 2 aromatic carbocycles. The van der Waals surface area contributed by atoms with Gasteiger partial charge in [-0.2, -0.15) is 0 Å². The average Bonchev–Trinajstić information content (AvgIpc) is 2.94. The molecule has 0 bridgehead atoms. The van der Waals surface area contributed by atoms with Gasteiger partial charge in [0.05, 0.1) is 11.6 Å². The van der Waals surface area contributed by atoms with Crippen molar-refractivity contribution < 1.29 is 23.1 Å². The standard InChI is InChI=1S/C18H14ClFO4/c1-22-9-12-11-5-2-3-8-16(11)24-17(12)18(21)23-10-13-14(19)6-4-7-15(13)20/h2-8H,9-10H2,1H3. The number of carbonyl (C=O) groups is 1. The van der Waals surface area contributed by atoms with Crippen LogP contribution in [0.25, 0.3) is 11.0 Å². The van der Waals surface area contributed by atoms with Gasteiger partial charge in [0.25, 0.3) is 0 Å². The lowest BCUT2D eigenvalue weighted by Crippen LogP contribution is -2.08. The molecule has 0 saturated heterocycles. The summed E-state index contributed by atoms with van der Waals surface area (Å²) in [7, 11) is 1.52. The predicted octanol–water partition coefficient (Wildman–Crippen LogP) is 4.73. The van der Waals surface area contributed by atoms with E-state index in [4.69, 9.17) is 25.5 Å². The lowest BCUT2D eigenvalue weighted by molar-refractivity contribution is 0.0429. The minimum Gasteiger partial charge on any atom is -0.455 e. The molecule has 3 aromatic rings. The Labute approximate surface area is 142 Å². The lowest BCUT2D eigenvalue weighted by atomic mass is 10.1. The number of halogens is 2. The number of hydrogen-bond acceptors (Lipinski definition) is 4. The van der Waals surface area contributed by atoms with Crippen molar-refractivity contribution in [1.82, 2.24) is 0 Å². The van der Waals surface area contributed by atoms with E-state index in [0.717, 1.165) is 5.39 Å². The van der Waals surface area contributed by atoms with E-state index in [2.05, 4.69) is 0 Å². The maximum absolute atomic E-state index is 13.8. The van der Waals surface area contributed by atoms with Gasteiger partial charge in [0.15, 0.2) is 0 Å². The van der Waals surface area contributed by atoms with Gasteiger partial charge >= 0.3 is 5.97 Å². The fraction of sp³-hybridized carbons (Fsp3) is 0.167. The lowest BCUT2D eigenvalue weighted by Gasteiger charge is -2.07. The van der Waals surface area contributed by atoms with Crippen molar-refractivity contribution in [3.05, 3.63) is 70.2 Å². The molecule has 0 spiro atoms. The topological polar surface area (TPSA) is 48.7 Å². The minimum absolute atomic E-state index is 0.0468. The van der Waals surface area contributed by atoms with Crippen molar-refractivity contribution >= 4 is 28.5 Å². The van der Waals surface area contributed by atoms with Crippen LogP contribution in [0.5, 0.6) is 0 Å². The van der Waals surface area contributed by atoms with Crippen molar-refractivity contribution in [3.63, 3.8) is 0 Å². The molecule has 3 rings (SSSR count). The van der Waals surface area contributed by atoms with E-state index in [1.54, 1.807) is 12.1 Å². The zero-order valence-electron chi connectivity index (χ0n) is 12.8. The summed E-state index contributed by atoms with van der Waals surface area (Å²) < 4.78 is 29.6. The molecule has 0 atom stereocenters. The van der Waals surface area contributed by atoms with E-state index in [1.165, 1.54) is 25.3 Å². The third-order valence-electron chi connectivity index (χ3n) is 3.58. The molecule has 0 saturated carbocycles. The normalized spacial score (nSPS) is 11.0. The summed E-state index contributed by atoms with van der Waals surface area (Å²) in [5.74, 6) is -1.18. The van der Waals surface area contributed by atoms with E-state index in [-0.39, 0.29) is 29.6 Å². The number of para-hydroxylation sites is 1. The largest absolute Gasteiger partial charge is 0.455 e. The van der Waals surface area contributed by atoms with Crippen LogP contribution in [0.2, 0.25) is 5.02 Å². The Morgan fingerprint density at radius 1 is 1.12 bits per heavy atom. The van der Waals surface area contributed by atoms with Crippen LogP contribution in [0.15, 0.2) is 46.9 Å². The van der Waals surface area contributed by atoms with E-state index < -0.39 is 11.8 Å². The maximum atomic E-state index is 13.8. The van der Waals surface area contributed by atoms with E-state index in [9.17, 15) is 9.18 Å². The molecular weight excluding hydrogens is 335 g/mol. The molecule has 6 heteroatoms. The van der Waals surface area contributed by atoms with E-state index in [1.807, 2.05) is 12.1 Å². The fourth-order valence-corrected chi connectivity index (χ4v) is 2.64. The molecule has 0 fully saturated rings. The molecule has 0 aliphatic carbocycles. The van der Waals surface area contributed by atoms with Gasteiger partial charge in [-0.3, -0.25) is 0 Å². The van der Waals surface area contributed by atoms with Crippen LogP contribution >= 0.6 is 11.6 Å². The second kappa shape index (κ2) is 7.03.